The molecule has 24 heavy (non-hydrogen) atoms. The summed E-state index contributed by atoms with van der Waals surface area (Å²) in [6.07, 6.45) is 5.64. The van der Waals surface area contributed by atoms with Gasteiger partial charge in [0, 0.05) is 5.69 Å². The monoisotopic (exact) mass is 348 g/mol. The van der Waals surface area contributed by atoms with Crippen molar-refractivity contribution in [2.24, 2.45) is 13.0 Å². The van der Waals surface area contributed by atoms with Crippen molar-refractivity contribution in [1.82, 2.24) is 20.2 Å². The molecule has 1 fully saturated rings. The SMILES string of the molecule is Cn1nnc(NS(=O)(=O)c2ccc(NC(=O)/C=C/C3CC3)cc2)n1. The second-order valence-electron chi connectivity index (χ2n) is 5.42. The minimum atomic E-state index is -3.81. The summed E-state index contributed by atoms with van der Waals surface area (Å²) in [5.41, 5.74) is 0.511. The molecule has 1 aliphatic rings. The van der Waals surface area contributed by atoms with Gasteiger partial charge in [0.2, 0.25) is 5.91 Å². The molecule has 0 saturated heterocycles. The van der Waals surface area contributed by atoms with E-state index in [1.54, 1.807) is 0 Å². The zero-order valence-electron chi connectivity index (χ0n) is 12.9. The Labute approximate surface area is 138 Å². The second-order valence-corrected chi connectivity index (χ2v) is 7.10. The third-order valence-electron chi connectivity index (χ3n) is 3.31. The molecular weight excluding hydrogens is 332 g/mol. The summed E-state index contributed by atoms with van der Waals surface area (Å²) in [6, 6.07) is 5.81. The first-order valence-corrected chi connectivity index (χ1v) is 8.77. The van der Waals surface area contributed by atoms with Gasteiger partial charge in [0.25, 0.3) is 16.0 Å². The lowest BCUT2D eigenvalue weighted by Crippen LogP contribution is -2.14. The van der Waals surface area contributed by atoms with Crippen LogP contribution in [0.15, 0.2) is 41.3 Å². The summed E-state index contributed by atoms with van der Waals surface area (Å²) in [5, 5.41) is 13.6. The molecular formula is C14H16N6O3S. The van der Waals surface area contributed by atoms with Gasteiger partial charge in [-0.1, -0.05) is 11.2 Å². The van der Waals surface area contributed by atoms with E-state index in [9.17, 15) is 13.2 Å². The van der Waals surface area contributed by atoms with E-state index >= 15 is 0 Å². The van der Waals surface area contributed by atoms with E-state index < -0.39 is 10.0 Å². The van der Waals surface area contributed by atoms with Crippen LogP contribution < -0.4 is 10.0 Å². The highest BCUT2D eigenvalue weighted by Crippen LogP contribution is 2.29. The molecule has 1 amide bonds. The maximum absolute atomic E-state index is 12.2. The molecule has 2 N–H and O–H groups in total. The summed E-state index contributed by atoms with van der Waals surface area (Å²) in [5.74, 6) is 0.170. The lowest BCUT2D eigenvalue weighted by atomic mass is 10.3. The first kappa shape index (κ1) is 16.1. The smallest absolute Gasteiger partial charge is 0.277 e. The number of carbonyl (C=O) groups is 1. The molecule has 1 aromatic carbocycles. The summed E-state index contributed by atoms with van der Waals surface area (Å²) < 4.78 is 26.6. The Hall–Kier alpha value is -2.75. The molecule has 0 bridgehead atoms. The van der Waals surface area contributed by atoms with Crippen LogP contribution in [0.2, 0.25) is 0 Å². The van der Waals surface area contributed by atoms with Crippen molar-refractivity contribution in [3.8, 4) is 0 Å². The summed E-state index contributed by atoms with van der Waals surface area (Å²) >= 11 is 0. The molecule has 0 aliphatic heterocycles. The molecule has 0 unspecified atom stereocenters. The van der Waals surface area contributed by atoms with Crippen molar-refractivity contribution >= 4 is 27.6 Å². The van der Waals surface area contributed by atoms with Crippen LogP contribution in [0.25, 0.3) is 0 Å². The number of benzene rings is 1. The van der Waals surface area contributed by atoms with Crippen LogP contribution in [0.5, 0.6) is 0 Å². The normalized spacial score (nSPS) is 14.7. The number of tetrazole rings is 1. The number of hydrogen-bond acceptors (Lipinski definition) is 6. The van der Waals surface area contributed by atoms with Crippen LogP contribution in [0.4, 0.5) is 11.6 Å². The van der Waals surface area contributed by atoms with E-state index in [2.05, 4.69) is 25.4 Å². The molecule has 2 aromatic rings. The Morgan fingerprint density at radius 2 is 2.00 bits per heavy atom. The third kappa shape index (κ3) is 4.16. The summed E-state index contributed by atoms with van der Waals surface area (Å²) in [7, 11) is -2.29. The fourth-order valence-electron chi connectivity index (χ4n) is 1.92. The highest BCUT2D eigenvalue weighted by Gasteiger charge is 2.18. The number of nitrogens with one attached hydrogen (secondary N) is 2. The van der Waals surface area contributed by atoms with Crippen molar-refractivity contribution in [3.63, 3.8) is 0 Å². The van der Waals surface area contributed by atoms with Crippen LogP contribution in [-0.4, -0.2) is 34.5 Å². The van der Waals surface area contributed by atoms with Crippen LogP contribution in [-0.2, 0) is 21.9 Å². The molecule has 0 radical (unpaired) electrons. The number of hydrogen-bond donors (Lipinski definition) is 2. The Bertz CT molecular complexity index is 868. The molecule has 1 saturated carbocycles. The van der Waals surface area contributed by atoms with Gasteiger partial charge in [-0.25, -0.2) is 13.1 Å². The van der Waals surface area contributed by atoms with E-state index in [1.165, 1.54) is 37.4 Å². The second kappa shape index (κ2) is 6.40. The van der Waals surface area contributed by atoms with Crippen LogP contribution in [0, 0.1) is 5.92 Å². The van der Waals surface area contributed by atoms with Crippen LogP contribution in [0.1, 0.15) is 12.8 Å². The fraction of sp³-hybridized carbons (Fsp3) is 0.286. The third-order valence-corrected chi connectivity index (χ3v) is 4.65. The minimum absolute atomic E-state index is 0.0291. The number of anilines is 2. The molecule has 0 spiro atoms. The van der Waals surface area contributed by atoms with Gasteiger partial charge >= 0.3 is 0 Å². The van der Waals surface area contributed by atoms with Gasteiger partial charge in [-0.05, 0) is 54.3 Å². The molecule has 3 rings (SSSR count). The highest BCUT2D eigenvalue weighted by molar-refractivity contribution is 7.92. The van der Waals surface area contributed by atoms with Gasteiger partial charge in [0.1, 0.15) is 0 Å². The molecule has 10 heteroatoms. The Kier molecular flexibility index (Phi) is 4.30. The fourth-order valence-corrected chi connectivity index (χ4v) is 2.85. The number of allylic oxidation sites excluding steroid dienone is 1. The van der Waals surface area contributed by atoms with Crippen molar-refractivity contribution in [1.29, 1.82) is 0 Å². The molecule has 1 aromatic heterocycles. The van der Waals surface area contributed by atoms with E-state index in [4.69, 9.17) is 0 Å². The van der Waals surface area contributed by atoms with Crippen molar-refractivity contribution < 1.29 is 13.2 Å². The number of carbonyl (C=O) groups excluding carboxylic acids is 1. The van der Waals surface area contributed by atoms with Crippen molar-refractivity contribution in [2.45, 2.75) is 17.7 Å². The Morgan fingerprint density at radius 1 is 1.29 bits per heavy atom. The molecule has 126 valence electrons. The van der Waals surface area contributed by atoms with Crippen molar-refractivity contribution in [3.05, 3.63) is 36.4 Å². The van der Waals surface area contributed by atoms with Gasteiger partial charge in [-0.15, -0.1) is 5.10 Å². The summed E-state index contributed by atoms with van der Waals surface area (Å²) in [6.45, 7) is 0. The lowest BCUT2D eigenvalue weighted by Gasteiger charge is -2.06. The Morgan fingerprint density at radius 3 is 2.58 bits per heavy atom. The van der Waals surface area contributed by atoms with Crippen LogP contribution in [0.3, 0.4) is 0 Å². The largest absolute Gasteiger partial charge is 0.323 e. The van der Waals surface area contributed by atoms with E-state index in [0.717, 1.165) is 17.6 Å². The average molecular weight is 348 g/mol. The highest BCUT2D eigenvalue weighted by atomic mass is 32.2. The van der Waals surface area contributed by atoms with Gasteiger partial charge in [0.05, 0.1) is 11.9 Å². The number of sulfonamides is 1. The van der Waals surface area contributed by atoms with Gasteiger partial charge in [-0.3, -0.25) is 4.79 Å². The number of nitrogens with zero attached hydrogens (tertiary/aromatic N) is 4. The first-order chi connectivity index (χ1) is 11.4. The Balaban J connectivity index is 1.65. The first-order valence-electron chi connectivity index (χ1n) is 7.28. The molecule has 9 nitrogen and oxygen atoms in total. The zero-order chi connectivity index (χ0) is 17.2. The summed E-state index contributed by atoms with van der Waals surface area (Å²) in [4.78, 5) is 12.9. The standard InChI is InChI=1S/C14H16N6O3S/c1-20-17-14(16-19-20)18-24(22,23)12-7-5-11(6-8-12)15-13(21)9-4-10-2-3-10/h4-10H,2-3H2,1H3,(H,15,21)(H,17,18)/b9-4+. The number of rotatable bonds is 6. The molecule has 0 atom stereocenters. The quantitative estimate of drug-likeness (QED) is 0.749. The van der Waals surface area contributed by atoms with Gasteiger partial charge < -0.3 is 5.32 Å². The maximum Gasteiger partial charge on any atom is 0.277 e. The number of aromatic nitrogens is 4. The number of aryl methyl sites for hydroxylation is 1. The lowest BCUT2D eigenvalue weighted by molar-refractivity contribution is -0.111. The maximum atomic E-state index is 12.2. The van der Waals surface area contributed by atoms with Gasteiger partial charge in [-0.2, -0.15) is 4.80 Å². The predicted molar refractivity (Wildman–Crippen MR) is 86.5 cm³/mol. The van der Waals surface area contributed by atoms with Crippen LogP contribution >= 0.6 is 0 Å². The topological polar surface area (TPSA) is 119 Å². The van der Waals surface area contributed by atoms with E-state index in [1.807, 2.05) is 6.08 Å². The average Bonchev–Trinajstić information content (AvgIpc) is 3.28. The zero-order valence-corrected chi connectivity index (χ0v) is 13.7. The predicted octanol–water partition coefficient (Wildman–Crippen LogP) is 0.916. The molecule has 1 aliphatic carbocycles. The van der Waals surface area contributed by atoms with E-state index in [0.29, 0.717) is 11.6 Å². The number of amides is 1. The van der Waals surface area contributed by atoms with E-state index in [-0.39, 0.29) is 16.8 Å². The van der Waals surface area contributed by atoms with Crippen molar-refractivity contribution in [2.75, 3.05) is 10.0 Å². The minimum Gasteiger partial charge on any atom is -0.323 e. The molecule has 1 heterocycles. The van der Waals surface area contributed by atoms with Gasteiger partial charge in [0.15, 0.2) is 0 Å².